The highest BCUT2D eigenvalue weighted by Gasteiger charge is 2.36. The number of hydrogen-bond acceptors (Lipinski definition) is 5. The summed E-state index contributed by atoms with van der Waals surface area (Å²) in [6, 6.07) is 5.04. The molecule has 3 atom stereocenters. The first kappa shape index (κ1) is 17.7. The molecule has 2 N–H and O–H groups in total. The Morgan fingerprint density at radius 2 is 2.07 bits per heavy atom. The number of ether oxygens (including phenoxy) is 1. The van der Waals surface area contributed by atoms with Gasteiger partial charge in [-0.2, -0.15) is 5.10 Å². The van der Waals surface area contributed by atoms with E-state index < -0.39 is 23.8 Å². The van der Waals surface area contributed by atoms with Gasteiger partial charge in [0.25, 0.3) is 0 Å². The zero-order valence-electron chi connectivity index (χ0n) is 15.5. The summed E-state index contributed by atoms with van der Waals surface area (Å²) in [7, 11) is 0. The molecule has 4 heterocycles. The summed E-state index contributed by atoms with van der Waals surface area (Å²) in [4.78, 5) is 7.00. The van der Waals surface area contributed by atoms with Crippen molar-refractivity contribution >= 4 is 5.65 Å². The van der Waals surface area contributed by atoms with Crippen LogP contribution in [0.1, 0.15) is 35.0 Å². The quantitative estimate of drug-likeness (QED) is 0.734. The molecule has 0 saturated carbocycles. The molecule has 0 amide bonds. The maximum absolute atomic E-state index is 14.1. The molecule has 1 fully saturated rings. The van der Waals surface area contributed by atoms with Crippen LogP contribution in [0.2, 0.25) is 0 Å². The van der Waals surface area contributed by atoms with E-state index in [0.29, 0.717) is 13.0 Å². The number of fused-ring (bicyclic) bond motifs is 2. The van der Waals surface area contributed by atoms with Gasteiger partial charge in [-0.3, -0.25) is 4.90 Å². The van der Waals surface area contributed by atoms with Crippen molar-refractivity contribution in [3.63, 3.8) is 0 Å². The first-order valence-corrected chi connectivity index (χ1v) is 9.39. The number of nitrogens with zero attached hydrogens (tertiary/aromatic N) is 4. The monoisotopic (exact) mass is 385 g/mol. The second kappa shape index (κ2) is 6.58. The zero-order valence-corrected chi connectivity index (χ0v) is 15.5. The Morgan fingerprint density at radius 3 is 2.89 bits per heavy atom. The minimum absolute atomic E-state index is 0.103. The van der Waals surface area contributed by atoms with Crippen LogP contribution in [0.3, 0.4) is 0 Å². The molecule has 1 saturated heterocycles. The van der Waals surface area contributed by atoms with Crippen LogP contribution in [0.25, 0.3) is 5.65 Å². The Balaban J connectivity index is 1.31. The molecule has 2 aliphatic heterocycles. The molecular weight excluding hydrogens is 364 g/mol. The highest BCUT2D eigenvalue weighted by atomic mass is 19.1. The molecule has 1 aromatic carbocycles. The fourth-order valence-electron chi connectivity index (χ4n) is 4.26. The average Bonchev–Trinajstić information content (AvgIpc) is 3.23. The SMILES string of the molecule is Cc1cc2nc3c(cn2n1)CN([C@H]1COC(c2cc(F)ccc2F)[C@@H](N)C1)C3. The van der Waals surface area contributed by atoms with Crippen LogP contribution in [0.5, 0.6) is 0 Å². The van der Waals surface area contributed by atoms with Crippen LogP contribution in [0.4, 0.5) is 8.78 Å². The topological polar surface area (TPSA) is 68.7 Å². The molecule has 0 bridgehead atoms. The summed E-state index contributed by atoms with van der Waals surface area (Å²) >= 11 is 0. The number of halogens is 2. The highest BCUT2D eigenvalue weighted by Crippen LogP contribution is 2.34. The number of aromatic nitrogens is 3. The molecule has 3 aromatic rings. The van der Waals surface area contributed by atoms with E-state index in [9.17, 15) is 8.78 Å². The van der Waals surface area contributed by atoms with Crippen LogP contribution in [-0.4, -0.2) is 38.2 Å². The maximum Gasteiger partial charge on any atom is 0.155 e. The zero-order chi connectivity index (χ0) is 19.4. The van der Waals surface area contributed by atoms with Crippen molar-refractivity contribution in [1.82, 2.24) is 19.5 Å². The van der Waals surface area contributed by atoms with Crippen molar-refractivity contribution in [3.8, 4) is 0 Å². The minimum atomic E-state index is -0.638. The van der Waals surface area contributed by atoms with Gasteiger partial charge in [-0.15, -0.1) is 0 Å². The van der Waals surface area contributed by atoms with Gasteiger partial charge in [-0.1, -0.05) is 0 Å². The van der Waals surface area contributed by atoms with E-state index in [2.05, 4.69) is 10.00 Å². The van der Waals surface area contributed by atoms with E-state index in [1.807, 2.05) is 23.7 Å². The van der Waals surface area contributed by atoms with Gasteiger partial charge < -0.3 is 10.5 Å². The van der Waals surface area contributed by atoms with Gasteiger partial charge in [0.2, 0.25) is 0 Å². The summed E-state index contributed by atoms with van der Waals surface area (Å²) in [6.45, 7) is 3.83. The van der Waals surface area contributed by atoms with Crippen molar-refractivity contribution in [2.75, 3.05) is 6.61 Å². The minimum Gasteiger partial charge on any atom is -0.370 e. The van der Waals surface area contributed by atoms with Crippen molar-refractivity contribution in [3.05, 3.63) is 64.6 Å². The predicted octanol–water partition coefficient (Wildman–Crippen LogP) is 2.49. The lowest BCUT2D eigenvalue weighted by atomic mass is 9.93. The highest BCUT2D eigenvalue weighted by molar-refractivity contribution is 5.42. The molecule has 2 aliphatic rings. The first-order chi connectivity index (χ1) is 13.5. The second-order valence-corrected chi connectivity index (χ2v) is 7.68. The maximum atomic E-state index is 14.1. The molecule has 0 spiro atoms. The van der Waals surface area contributed by atoms with Crippen LogP contribution in [0.15, 0.2) is 30.5 Å². The molecule has 146 valence electrons. The second-order valence-electron chi connectivity index (χ2n) is 7.68. The molecule has 8 heteroatoms. The standard InChI is InChI=1S/C20H21F2N5O/c1-11-4-19-24-18-9-26(7-12(18)8-27(19)25-11)14-6-17(23)20(28-10-14)15-5-13(21)2-3-16(15)22/h2-5,8,14,17,20H,6-7,9-10,23H2,1H3/t14-,17+,20?/m1/s1. The van der Waals surface area contributed by atoms with E-state index in [0.717, 1.165) is 47.8 Å². The van der Waals surface area contributed by atoms with Gasteiger partial charge in [-0.25, -0.2) is 18.3 Å². The Bertz CT molecular complexity index is 1010. The van der Waals surface area contributed by atoms with Gasteiger partial charge in [0, 0.05) is 48.6 Å². The summed E-state index contributed by atoms with van der Waals surface area (Å²) in [5.74, 6) is -0.979. The average molecular weight is 385 g/mol. The number of nitrogens with two attached hydrogens (primary N) is 1. The van der Waals surface area contributed by atoms with Gasteiger partial charge in [0.05, 0.1) is 18.0 Å². The largest absolute Gasteiger partial charge is 0.370 e. The van der Waals surface area contributed by atoms with Gasteiger partial charge >= 0.3 is 0 Å². The smallest absolute Gasteiger partial charge is 0.155 e. The van der Waals surface area contributed by atoms with Gasteiger partial charge in [0.1, 0.15) is 17.7 Å². The third kappa shape index (κ3) is 2.97. The molecule has 0 radical (unpaired) electrons. The molecular formula is C20H21F2N5O. The van der Waals surface area contributed by atoms with E-state index in [1.165, 1.54) is 6.07 Å². The first-order valence-electron chi connectivity index (χ1n) is 9.39. The Morgan fingerprint density at radius 1 is 1.21 bits per heavy atom. The molecule has 5 rings (SSSR count). The third-order valence-corrected chi connectivity index (χ3v) is 5.65. The summed E-state index contributed by atoms with van der Waals surface area (Å²) in [6.07, 6.45) is 2.03. The molecule has 1 unspecified atom stereocenters. The fourth-order valence-corrected chi connectivity index (χ4v) is 4.26. The van der Waals surface area contributed by atoms with Gasteiger partial charge in [-0.05, 0) is 31.5 Å². The van der Waals surface area contributed by atoms with E-state index in [-0.39, 0.29) is 11.6 Å². The van der Waals surface area contributed by atoms with Crippen LogP contribution < -0.4 is 5.73 Å². The van der Waals surface area contributed by atoms with E-state index in [1.54, 1.807) is 0 Å². The number of hydrogen-bond donors (Lipinski definition) is 1. The van der Waals surface area contributed by atoms with Crippen LogP contribution in [0, 0.1) is 18.6 Å². The van der Waals surface area contributed by atoms with E-state index >= 15 is 0 Å². The summed E-state index contributed by atoms with van der Waals surface area (Å²) in [5.41, 5.74) is 10.5. The van der Waals surface area contributed by atoms with Crippen molar-refractivity contribution < 1.29 is 13.5 Å². The van der Waals surface area contributed by atoms with Crippen LogP contribution in [-0.2, 0) is 17.8 Å². The third-order valence-electron chi connectivity index (χ3n) is 5.65. The molecule has 2 aromatic heterocycles. The van der Waals surface area contributed by atoms with Crippen molar-refractivity contribution in [2.24, 2.45) is 5.73 Å². The normalized spacial score (nSPS) is 25.4. The molecule has 0 aliphatic carbocycles. The lowest BCUT2D eigenvalue weighted by Crippen LogP contribution is -2.47. The number of aryl methyl sites for hydroxylation is 1. The van der Waals surface area contributed by atoms with E-state index in [4.69, 9.17) is 15.5 Å². The van der Waals surface area contributed by atoms with Gasteiger partial charge in [0.15, 0.2) is 5.65 Å². The lowest BCUT2D eigenvalue weighted by Gasteiger charge is -2.38. The van der Waals surface area contributed by atoms with Crippen molar-refractivity contribution in [2.45, 2.75) is 44.6 Å². The summed E-state index contributed by atoms with van der Waals surface area (Å²) < 4.78 is 35.4. The van der Waals surface area contributed by atoms with Crippen molar-refractivity contribution in [1.29, 1.82) is 0 Å². The number of rotatable bonds is 2. The Kier molecular flexibility index (Phi) is 4.15. The Labute approximate surface area is 160 Å². The predicted molar refractivity (Wildman–Crippen MR) is 98.4 cm³/mol. The number of benzene rings is 1. The summed E-state index contributed by atoms with van der Waals surface area (Å²) in [5, 5.41) is 4.42. The Hall–Kier alpha value is -2.42. The molecule has 28 heavy (non-hydrogen) atoms. The lowest BCUT2D eigenvalue weighted by molar-refractivity contribution is -0.0532. The molecule has 6 nitrogen and oxygen atoms in total. The van der Waals surface area contributed by atoms with Crippen LogP contribution >= 0.6 is 0 Å². The fraction of sp³-hybridized carbons (Fsp3) is 0.400.